The van der Waals surface area contributed by atoms with Crippen LogP contribution in [-0.4, -0.2) is 5.78 Å². The molecule has 0 amide bonds. The van der Waals surface area contributed by atoms with Gasteiger partial charge in [0.25, 0.3) is 0 Å². The molecule has 0 saturated heterocycles. The van der Waals surface area contributed by atoms with Crippen molar-refractivity contribution in [2.75, 3.05) is 5.73 Å². The minimum atomic E-state index is 0.0451. The van der Waals surface area contributed by atoms with Crippen LogP contribution in [0.25, 0.3) is 0 Å². The zero-order valence-corrected chi connectivity index (χ0v) is 11.8. The van der Waals surface area contributed by atoms with Crippen molar-refractivity contribution in [1.82, 2.24) is 0 Å². The van der Waals surface area contributed by atoms with Crippen molar-refractivity contribution in [3.8, 4) is 0 Å². The summed E-state index contributed by atoms with van der Waals surface area (Å²) in [7, 11) is 0. The Hall–Kier alpha value is -0.730. The molecule has 0 aliphatic heterocycles. The van der Waals surface area contributed by atoms with Crippen molar-refractivity contribution in [2.24, 2.45) is 5.41 Å². The molecule has 2 nitrogen and oxygen atoms in total. The molecule has 0 heterocycles. The lowest BCUT2D eigenvalue weighted by Gasteiger charge is -2.17. The maximum atomic E-state index is 11.9. The molecule has 1 aromatic carbocycles. The Bertz CT molecular complexity index is 413. The van der Waals surface area contributed by atoms with Crippen LogP contribution in [0.5, 0.6) is 0 Å². The molecule has 0 aliphatic rings. The summed E-state index contributed by atoms with van der Waals surface area (Å²) in [4.78, 5) is 11.9. The molecule has 4 heteroatoms. The summed E-state index contributed by atoms with van der Waals surface area (Å²) in [5.41, 5.74) is 6.60. The molecular formula is C13H17Cl2NO. The molecule has 94 valence electrons. The molecule has 17 heavy (non-hydrogen) atoms. The Morgan fingerprint density at radius 1 is 1.24 bits per heavy atom. The quantitative estimate of drug-likeness (QED) is 0.647. The van der Waals surface area contributed by atoms with E-state index in [0.29, 0.717) is 27.7 Å². The summed E-state index contributed by atoms with van der Waals surface area (Å²) in [5.74, 6) is 0.0451. The SMILES string of the molecule is CC(C)(C)CCC(=O)c1cc(Cl)c(N)c(Cl)c1. The lowest BCUT2D eigenvalue weighted by molar-refractivity contribution is 0.0966. The predicted octanol–water partition coefficient (Wildman–Crippen LogP) is 4.58. The van der Waals surface area contributed by atoms with Crippen molar-refractivity contribution < 1.29 is 4.79 Å². The third kappa shape index (κ3) is 4.21. The van der Waals surface area contributed by atoms with E-state index in [2.05, 4.69) is 20.8 Å². The number of rotatable bonds is 3. The number of nitrogens with two attached hydrogens (primary N) is 1. The largest absolute Gasteiger partial charge is 0.396 e. The molecule has 0 unspecified atom stereocenters. The first-order valence-corrected chi connectivity index (χ1v) is 6.24. The summed E-state index contributed by atoms with van der Waals surface area (Å²) in [6.45, 7) is 6.30. The van der Waals surface area contributed by atoms with Gasteiger partial charge in [0.2, 0.25) is 0 Å². The van der Waals surface area contributed by atoms with Crippen LogP contribution in [0.3, 0.4) is 0 Å². The number of carbonyl (C=O) groups is 1. The summed E-state index contributed by atoms with van der Waals surface area (Å²) >= 11 is 11.8. The Balaban J connectivity index is 2.84. The van der Waals surface area contributed by atoms with Crippen LogP contribution >= 0.6 is 23.2 Å². The number of benzene rings is 1. The summed E-state index contributed by atoms with van der Waals surface area (Å²) < 4.78 is 0. The van der Waals surface area contributed by atoms with Crippen LogP contribution in [0.4, 0.5) is 5.69 Å². The van der Waals surface area contributed by atoms with Crippen molar-refractivity contribution in [3.05, 3.63) is 27.7 Å². The van der Waals surface area contributed by atoms with Gasteiger partial charge in [0, 0.05) is 12.0 Å². The van der Waals surface area contributed by atoms with Gasteiger partial charge in [-0.25, -0.2) is 0 Å². The van der Waals surface area contributed by atoms with Crippen molar-refractivity contribution in [3.63, 3.8) is 0 Å². The van der Waals surface area contributed by atoms with Crippen LogP contribution in [0.2, 0.25) is 10.0 Å². The third-order valence-corrected chi connectivity index (χ3v) is 3.13. The van der Waals surface area contributed by atoms with E-state index in [9.17, 15) is 4.79 Å². The van der Waals surface area contributed by atoms with Gasteiger partial charge in [-0.1, -0.05) is 44.0 Å². The molecule has 2 N–H and O–H groups in total. The zero-order valence-electron chi connectivity index (χ0n) is 10.3. The molecule has 1 rings (SSSR count). The van der Waals surface area contributed by atoms with Crippen molar-refractivity contribution in [2.45, 2.75) is 33.6 Å². The standard InChI is InChI=1S/C13H17Cl2NO/c1-13(2,3)5-4-11(17)8-6-9(14)12(16)10(15)7-8/h6-7H,4-5,16H2,1-3H3. The second-order valence-electron chi connectivity index (χ2n) is 5.34. The number of carbonyl (C=O) groups excluding carboxylic acids is 1. The maximum absolute atomic E-state index is 11.9. The van der Waals surface area contributed by atoms with Crippen LogP contribution in [0.15, 0.2) is 12.1 Å². The fourth-order valence-corrected chi connectivity index (χ4v) is 1.87. The van der Waals surface area contributed by atoms with Gasteiger partial charge in [-0.3, -0.25) is 4.79 Å². The number of hydrogen-bond acceptors (Lipinski definition) is 2. The van der Waals surface area contributed by atoms with Gasteiger partial charge in [0.1, 0.15) is 0 Å². The third-order valence-electron chi connectivity index (χ3n) is 2.50. The Labute approximate surface area is 112 Å². The van der Waals surface area contributed by atoms with E-state index in [1.807, 2.05) is 0 Å². The molecule has 0 fully saturated rings. The minimum absolute atomic E-state index is 0.0451. The fraction of sp³-hybridized carbons (Fsp3) is 0.462. The van der Waals surface area contributed by atoms with E-state index in [-0.39, 0.29) is 11.2 Å². The highest BCUT2D eigenvalue weighted by atomic mass is 35.5. The first-order chi connectivity index (χ1) is 7.70. The predicted molar refractivity (Wildman–Crippen MR) is 73.9 cm³/mol. The van der Waals surface area contributed by atoms with E-state index in [4.69, 9.17) is 28.9 Å². The van der Waals surface area contributed by atoms with Gasteiger partial charge in [-0.15, -0.1) is 0 Å². The van der Waals surface area contributed by atoms with E-state index >= 15 is 0 Å². The number of Topliss-reactive ketones (excluding diaryl/α,β-unsaturated/α-hetero) is 1. The van der Waals surface area contributed by atoms with Gasteiger partial charge in [0.05, 0.1) is 15.7 Å². The zero-order chi connectivity index (χ0) is 13.2. The molecule has 0 bridgehead atoms. The molecule has 0 aromatic heterocycles. The van der Waals surface area contributed by atoms with Crippen molar-refractivity contribution in [1.29, 1.82) is 0 Å². The molecule has 0 radical (unpaired) electrons. The van der Waals surface area contributed by atoms with Crippen LogP contribution in [-0.2, 0) is 0 Å². The average molecular weight is 274 g/mol. The summed E-state index contributed by atoms with van der Waals surface area (Å²) in [6.07, 6.45) is 1.31. The second kappa shape index (κ2) is 5.28. The number of ketones is 1. The van der Waals surface area contributed by atoms with Crippen molar-refractivity contribution >= 4 is 34.7 Å². The molecule has 0 aliphatic carbocycles. The smallest absolute Gasteiger partial charge is 0.163 e. The van der Waals surface area contributed by atoms with Gasteiger partial charge in [0.15, 0.2) is 5.78 Å². The first-order valence-electron chi connectivity index (χ1n) is 5.48. The lowest BCUT2D eigenvalue weighted by Crippen LogP contribution is -2.09. The molecule has 0 saturated carbocycles. The summed E-state index contributed by atoms with van der Waals surface area (Å²) in [6, 6.07) is 3.15. The van der Waals surface area contributed by atoms with Gasteiger partial charge in [-0.05, 0) is 24.0 Å². The second-order valence-corrected chi connectivity index (χ2v) is 6.15. The van der Waals surface area contributed by atoms with E-state index in [0.717, 1.165) is 6.42 Å². The fourth-order valence-electron chi connectivity index (χ4n) is 1.38. The van der Waals surface area contributed by atoms with Gasteiger partial charge < -0.3 is 5.73 Å². The number of anilines is 1. The van der Waals surface area contributed by atoms with E-state index in [1.165, 1.54) is 0 Å². The van der Waals surface area contributed by atoms with Crippen LogP contribution in [0.1, 0.15) is 44.0 Å². The molecule has 0 spiro atoms. The van der Waals surface area contributed by atoms with Crippen LogP contribution in [0, 0.1) is 5.41 Å². The molecule has 1 aromatic rings. The Kier molecular flexibility index (Phi) is 4.45. The maximum Gasteiger partial charge on any atom is 0.163 e. The average Bonchev–Trinajstić information content (AvgIpc) is 2.20. The highest BCUT2D eigenvalue weighted by Crippen LogP contribution is 2.30. The normalized spacial score (nSPS) is 11.6. The topological polar surface area (TPSA) is 43.1 Å². The van der Waals surface area contributed by atoms with E-state index < -0.39 is 0 Å². The first kappa shape index (κ1) is 14.3. The van der Waals surface area contributed by atoms with Gasteiger partial charge in [-0.2, -0.15) is 0 Å². The molecule has 0 atom stereocenters. The lowest BCUT2D eigenvalue weighted by atomic mass is 9.88. The van der Waals surface area contributed by atoms with E-state index in [1.54, 1.807) is 12.1 Å². The highest BCUT2D eigenvalue weighted by Gasteiger charge is 2.15. The van der Waals surface area contributed by atoms with Crippen LogP contribution < -0.4 is 5.73 Å². The Morgan fingerprint density at radius 2 is 1.71 bits per heavy atom. The minimum Gasteiger partial charge on any atom is -0.396 e. The highest BCUT2D eigenvalue weighted by molar-refractivity contribution is 6.39. The molecular weight excluding hydrogens is 257 g/mol. The number of nitrogen functional groups attached to an aromatic ring is 1. The number of hydrogen-bond donors (Lipinski definition) is 1. The number of halogens is 2. The monoisotopic (exact) mass is 273 g/mol. The summed E-state index contributed by atoms with van der Waals surface area (Å²) in [5, 5.41) is 0.660. The van der Waals surface area contributed by atoms with Gasteiger partial charge >= 0.3 is 0 Å². The Morgan fingerprint density at radius 3 is 2.12 bits per heavy atom.